The predicted octanol–water partition coefficient (Wildman–Crippen LogP) is 3.27. The van der Waals surface area contributed by atoms with Crippen molar-refractivity contribution in [2.24, 2.45) is 0 Å². The summed E-state index contributed by atoms with van der Waals surface area (Å²) in [5.41, 5.74) is 0.640. The highest BCUT2D eigenvalue weighted by Crippen LogP contribution is 2.34. The Labute approximate surface area is 166 Å². The molecular weight excluding hydrogens is 400 g/mol. The predicted molar refractivity (Wildman–Crippen MR) is 105 cm³/mol. The van der Waals surface area contributed by atoms with E-state index in [1.807, 2.05) is 6.07 Å². The second-order valence-electron chi connectivity index (χ2n) is 6.03. The van der Waals surface area contributed by atoms with Gasteiger partial charge in [0.05, 0.1) is 5.69 Å². The van der Waals surface area contributed by atoms with Gasteiger partial charge in [0.2, 0.25) is 4.96 Å². The molecule has 3 heterocycles. The standard InChI is InChI=1S/C19H9ClN4O3S/c20-11-7-4-8-12(9-11)23-17(26)14-15(18(23)27)28-19-21-16(25)13(22-24(14)19)10-5-2-1-3-6-10/h1-9H. The number of benzene rings is 2. The van der Waals surface area contributed by atoms with Gasteiger partial charge in [0.25, 0.3) is 11.8 Å². The molecule has 136 valence electrons. The van der Waals surface area contributed by atoms with E-state index in [4.69, 9.17) is 11.6 Å². The Kier molecular flexibility index (Phi) is 3.65. The van der Waals surface area contributed by atoms with Crippen molar-refractivity contribution in [1.82, 2.24) is 14.6 Å². The molecule has 5 rings (SSSR count). The number of anilines is 1. The first-order valence-corrected chi connectivity index (χ1v) is 9.37. The molecule has 0 bridgehead atoms. The normalized spacial score (nSPS) is 13.4. The molecule has 2 aromatic carbocycles. The number of carbonyl (C=O) groups excluding carboxylic acids is 2. The van der Waals surface area contributed by atoms with Crippen LogP contribution in [0.2, 0.25) is 5.02 Å². The monoisotopic (exact) mass is 408 g/mol. The minimum absolute atomic E-state index is 0.0923. The van der Waals surface area contributed by atoms with E-state index < -0.39 is 17.4 Å². The fraction of sp³-hybridized carbons (Fsp3) is 0. The van der Waals surface area contributed by atoms with Crippen molar-refractivity contribution in [2.75, 3.05) is 4.90 Å². The van der Waals surface area contributed by atoms with Gasteiger partial charge in [-0.1, -0.05) is 59.3 Å². The molecule has 2 amide bonds. The second-order valence-corrected chi connectivity index (χ2v) is 7.45. The average Bonchev–Trinajstić information content (AvgIpc) is 3.17. The van der Waals surface area contributed by atoms with Crippen LogP contribution < -0.4 is 10.5 Å². The first-order valence-electron chi connectivity index (χ1n) is 8.18. The number of carbonyl (C=O) groups is 2. The molecule has 9 heteroatoms. The van der Waals surface area contributed by atoms with E-state index in [1.165, 1.54) is 10.6 Å². The third-order valence-corrected chi connectivity index (χ3v) is 5.57. The summed E-state index contributed by atoms with van der Waals surface area (Å²) in [5.74, 6) is -1.03. The van der Waals surface area contributed by atoms with Crippen molar-refractivity contribution in [1.29, 1.82) is 0 Å². The van der Waals surface area contributed by atoms with Crippen LogP contribution in [0.1, 0.15) is 20.2 Å². The molecule has 0 unspecified atom stereocenters. The number of amides is 2. The molecule has 1 aliphatic heterocycles. The third-order valence-electron chi connectivity index (χ3n) is 4.32. The number of hydrogen-bond donors (Lipinski definition) is 0. The molecule has 0 atom stereocenters. The molecule has 0 saturated carbocycles. The molecule has 1 aliphatic rings. The fourth-order valence-corrected chi connectivity index (χ4v) is 4.24. The number of fused-ring (bicyclic) bond motifs is 3. The Morgan fingerprint density at radius 2 is 1.71 bits per heavy atom. The van der Waals surface area contributed by atoms with Crippen molar-refractivity contribution < 1.29 is 9.59 Å². The van der Waals surface area contributed by atoms with Gasteiger partial charge in [0.15, 0.2) is 11.4 Å². The average molecular weight is 409 g/mol. The molecule has 0 aliphatic carbocycles. The van der Waals surface area contributed by atoms with Gasteiger partial charge in [0, 0.05) is 10.6 Å². The molecule has 0 radical (unpaired) electrons. The highest BCUT2D eigenvalue weighted by molar-refractivity contribution is 7.19. The maximum Gasteiger partial charge on any atom is 0.300 e. The van der Waals surface area contributed by atoms with Crippen LogP contribution in [0.4, 0.5) is 5.69 Å². The van der Waals surface area contributed by atoms with Gasteiger partial charge in [-0.15, -0.1) is 0 Å². The molecule has 28 heavy (non-hydrogen) atoms. The quantitative estimate of drug-likeness (QED) is 0.475. The zero-order valence-electron chi connectivity index (χ0n) is 14.0. The first kappa shape index (κ1) is 16.8. The lowest BCUT2D eigenvalue weighted by atomic mass is 10.2. The van der Waals surface area contributed by atoms with E-state index in [9.17, 15) is 14.4 Å². The summed E-state index contributed by atoms with van der Waals surface area (Å²) in [6, 6.07) is 15.3. The summed E-state index contributed by atoms with van der Waals surface area (Å²) in [6.07, 6.45) is 0. The van der Waals surface area contributed by atoms with Crippen LogP contribution in [0.5, 0.6) is 0 Å². The van der Waals surface area contributed by atoms with Gasteiger partial charge in [-0.3, -0.25) is 14.4 Å². The van der Waals surface area contributed by atoms with Crippen molar-refractivity contribution in [3.63, 3.8) is 0 Å². The largest absolute Gasteiger partial charge is 0.300 e. The zero-order chi connectivity index (χ0) is 19.4. The highest BCUT2D eigenvalue weighted by Gasteiger charge is 2.42. The number of imide groups is 1. The number of nitrogens with zero attached hydrogens (tertiary/aromatic N) is 4. The number of thiazole rings is 1. The van der Waals surface area contributed by atoms with Crippen molar-refractivity contribution in [2.45, 2.75) is 0 Å². The summed E-state index contributed by atoms with van der Waals surface area (Å²) < 4.78 is 1.27. The number of aromatic nitrogens is 3. The summed E-state index contributed by atoms with van der Waals surface area (Å²) in [4.78, 5) is 43.7. The van der Waals surface area contributed by atoms with E-state index in [2.05, 4.69) is 10.1 Å². The maximum atomic E-state index is 13.0. The van der Waals surface area contributed by atoms with Gasteiger partial charge in [0.1, 0.15) is 4.88 Å². The Hall–Kier alpha value is -3.36. The molecule has 7 nitrogen and oxygen atoms in total. The lowest BCUT2D eigenvalue weighted by Gasteiger charge is -2.14. The van der Waals surface area contributed by atoms with E-state index in [-0.39, 0.29) is 21.2 Å². The topological polar surface area (TPSA) is 84.6 Å². The van der Waals surface area contributed by atoms with Crippen LogP contribution in [0.15, 0.2) is 59.4 Å². The first-order chi connectivity index (χ1) is 13.5. The molecule has 4 aromatic rings. The minimum Gasteiger partial charge on any atom is -0.267 e. The van der Waals surface area contributed by atoms with Crippen LogP contribution in [-0.4, -0.2) is 26.4 Å². The number of hydrogen-bond acceptors (Lipinski definition) is 6. The highest BCUT2D eigenvalue weighted by atomic mass is 35.5. The Balaban J connectivity index is 1.71. The molecular formula is C19H9ClN4O3S. The van der Waals surface area contributed by atoms with E-state index in [0.29, 0.717) is 16.3 Å². The Bertz CT molecular complexity index is 1350. The molecule has 0 fully saturated rings. The second kappa shape index (κ2) is 6.08. The van der Waals surface area contributed by atoms with Crippen molar-refractivity contribution in [3.05, 3.63) is 80.5 Å². The van der Waals surface area contributed by atoms with Crippen LogP contribution in [0.3, 0.4) is 0 Å². The van der Waals surface area contributed by atoms with Crippen LogP contribution in [-0.2, 0) is 0 Å². The van der Waals surface area contributed by atoms with Gasteiger partial charge in [-0.05, 0) is 18.2 Å². The molecule has 0 N–H and O–H groups in total. The number of rotatable bonds is 2. The summed E-state index contributed by atoms with van der Waals surface area (Å²) in [7, 11) is 0. The lowest BCUT2D eigenvalue weighted by Crippen LogP contribution is -2.30. The van der Waals surface area contributed by atoms with Crippen LogP contribution >= 0.6 is 22.9 Å². The smallest absolute Gasteiger partial charge is 0.267 e. The lowest BCUT2D eigenvalue weighted by molar-refractivity contribution is 0.0924. The summed E-state index contributed by atoms with van der Waals surface area (Å²) in [6.45, 7) is 0. The van der Waals surface area contributed by atoms with E-state index in [1.54, 1.807) is 42.5 Å². The third kappa shape index (κ3) is 2.39. The Morgan fingerprint density at radius 1 is 0.929 bits per heavy atom. The number of halogens is 1. The fourth-order valence-electron chi connectivity index (χ4n) is 3.08. The van der Waals surface area contributed by atoms with Gasteiger partial charge in [-0.2, -0.15) is 14.6 Å². The van der Waals surface area contributed by atoms with Gasteiger partial charge in [-0.25, -0.2) is 4.90 Å². The molecule has 0 spiro atoms. The summed E-state index contributed by atoms with van der Waals surface area (Å²) in [5, 5.41) is 4.74. The van der Waals surface area contributed by atoms with Crippen molar-refractivity contribution >= 4 is 45.4 Å². The zero-order valence-corrected chi connectivity index (χ0v) is 15.6. The summed E-state index contributed by atoms with van der Waals surface area (Å²) >= 11 is 6.96. The van der Waals surface area contributed by atoms with Gasteiger partial charge < -0.3 is 0 Å². The molecule has 2 aromatic heterocycles. The van der Waals surface area contributed by atoms with Gasteiger partial charge >= 0.3 is 5.56 Å². The van der Waals surface area contributed by atoms with Crippen LogP contribution in [0.25, 0.3) is 16.2 Å². The Morgan fingerprint density at radius 3 is 2.46 bits per heavy atom. The minimum atomic E-state index is -0.537. The SMILES string of the molecule is O=C1c2sc3nc(=O)c(-c4ccccc4)nn3c2C(=O)N1c1cccc(Cl)c1. The molecule has 0 saturated heterocycles. The maximum absolute atomic E-state index is 13.0. The van der Waals surface area contributed by atoms with Crippen LogP contribution in [0, 0.1) is 0 Å². The van der Waals surface area contributed by atoms with E-state index in [0.717, 1.165) is 16.2 Å². The van der Waals surface area contributed by atoms with E-state index >= 15 is 0 Å². The van der Waals surface area contributed by atoms with Crippen molar-refractivity contribution in [3.8, 4) is 11.3 Å².